The van der Waals surface area contributed by atoms with Crippen LogP contribution in [0.15, 0.2) is 22.7 Å². The average molecular weight is 328 g/mol. The van der Waals surface area contributed by atoms with Crippen LogP contribution >= 0.6 is 12.4 Å². The van der Waals surface area contributed by atoms with Crippen molar-refractivity contribution >= 4 is 12.4 Å². The van der Waals surface area contributed by atoms with Gasteiger partial charge in [-0.1, -0.05) is 25.1 Å². The highest BCUT2D eigenvalue weighted by atomic mass is 35.5. The third-order valence-corrected chi connectivity index (χ3v) is 3.30. The molecule has 22 heavy (non-hydrogen) atoms. The Morgan fingerprint density at radius 1 is 1.18 bits per heavy atom. The van der Waals surface area contributed by atoms with Crippen molar-refractivity contribution in [1.82, 2.24) is 10.1 Å². The summed E-state index contributed by atoms with van der Waals surface area (Å²) in [5.41, 5.74) is 7.01. The monoisotopic (exact) mass is 327 g/mol. The molecule has 0 spiro atoms. The molecule has 0 radical (unpaired) electrons. The molecule has 7 heteroatoms. The van der Waals surface area contributed by atoms with Gasteiger partial charge >= 0.3 is 0 Å². The third-order valence-electron chi connectivity index (χ3n) is 3.30. The van der Waals surface area contributed by atoms with Crippen molar-refractivity contribution in [3.05, 3.63) is 35.5 Å². The van der Waals surface area contributed by atoms with Gasteiger partial charge in [-0.3, -0.25) is 0 Å². The van der Waals surface area contributed by atoms with E-state index in [2.05, 4.69) is 10.1 Å². The van der Waals surface area contributed by atoms with Gasteiger partial charge in [0.1, 0.15) is 0 Å². The Hall–Kier alpha value is -1.79. The van der Waals surface area contributed by atoms with E-state index in [1.807, 2.05) is 32.0 Å². The summed E-state index contributed by atoms with van der Waals surface area (Å²) in [6.07, 6.45) is 0.550. The summed E-state index contributed by atoms with van der Waals surface area (Å²) in [7, 11) is 3.21. The number of rotatable bonds is 6. The summed E-state index contributed by atoms with van der Waals surface area (Å²) in [5.74, 6) is 2.70. The summed E-state index contributed by atoms with van der Waals surface area (Å²) in [6.45, 7) is 4.03. The molecule has 2 aromatic rings. The van der Waals surface area contributed by atoms with Gasteiger partial charge in [0.25, 0.3) is 0 Å². The Morgan fingerprint density at radius 2 is 1.86 bits per heavy atom. The Kier molecular flexibility index (Phi) is 6.64. The molecule has 0 fully saturated rings. The Bertz CT molecular complexity index is 601. The molecule has 0 bridgehead atoms. The minimum Gasteiger partial charge on any atom is -0.493 e. The van der Waals surface area contributed by atoms with Crippen LogP contribution in [0.4, 0.5) is 0 Å². The van der Waals surface area contributed by atoms with E-state index in [1.165, 1.54) is 0 Å². The number of aromatic nitrogens is 2. The number of halogens is 1. The van der Waals surface area contributed by atoms with Crippen LogP contribution in [0.3, 0.4) is 0 Å². The summed E-state index contributed by atoms with van der Waals surface area (Å²) in [5, 5.41) is 3.97. The maximum absolute atomic E-state index is 6.00. The fourth-order valence-electron chi connectivity index (χ4n) is 1.93. The number of nitrogens with two attached hydrogens (primary N) is 1. The van der Waals surface area contributed by atoms with Gasteiger partial charge in [0.05, 0.1) is 20.3 Å². The first-order valence-electron chi connectivity index (χ1n) is 6.84. The molecule has 1 aromatic carbocycles. The number of nitrogens with zero attached hydrogens (tertiary/aromatic N) is 2. The zero-order valence-corrected chi connectivity index (χ0v) is 14.0. The second-order valence-corrected chi connectivity index (χ2v) is 5.18. The normalized spacial score (nSPS) is 11.9. The fourth-order valence-corrected chi connectivity index (χ4v) is 1.93. The maximum atomic E-state index is 6.00. The van der Waals surface area contributed by atoms with Crippen LogP contribution in [-0.2, 0) is 6.42 Å². The lowest BCUT2D eigenvalue weighted by molar-refractivity contribution is 0.322. The molecular weight excluding hydrogens is 306 g/mol. The molecule has 0 aliphatic rings. The maximum Gasteiger partial charge on any atom is 0.243 e. The first kappa shape index (κ1) is 18.3. The molecule has 1 aromatic heterocycles. The second kappa shape index (κ2) is 8.00. The van der Waals surface area contributed by atoms with Crippen LogP contribution < -0.4 is 15.2 Å². The van der Waals surface area contributed by atoms with Crippen molar-refractivity contribution in [2.45, 2.75) is 26.3 Å². The van der Waals surface area contributed by atoms with Gasteiger partial charge in [-0.05, 0) is 23.6 Å². The van der Waals surface area contributed by atoms with Crippen molar-refractivity contribution in [3.63, 3.8) is 0 Å². The summed E-state index contributed by atoms with van der Waals surface area (Å²) in [6, 6.07) is 5.46. The minimum atomic E-state index is -0.239. The van der Waals surface area contributed by atoms with E-state index in [9.17, 15) is 0 Å². The molecule has 0 aliphatic carbocycles. The topological polar surface area (TPSA) is 83.4 Å². The number of methoxy groups -OCH3 is 2. The van der Waals surface area contributed by atoms with Crippen LogP contribution in [0.5, 0.6) is 11.5 Å². The number of hydrogen-bond donors (Lipinski definition) is 1. The van der Waals surface area contributed by atoms with Gasteiger partial charge in [0.2, 0.25) is 5.89 Å². The highest BCUT2D eigenvalue weighted by Gasteiger charge is 2.18. The van der Waals surface area contributed by atoms with Crippen LogP contribution in [0.2, 0.25) is 0 Å². The molecule has 0 amide bonds. The molecule has 0 unspecified atom stereocenters. The molecule has 0 aliphatic heterocycles. The summed E-state index contributed by atoms with van der Waals surface area (Å²) < 4.78 is 15.7. The molecule has 6 nitrogen and oxygen atoms in total. The second-order valence-electron chi connectivity index (χ2n) is 5.18. The van der Waals surface area contributed by atoms with Crippen molar-refractivity contribution in [2.24, 2.45) is 11.7 Å². The van der Waals surface area contributed by atoms with Crippen molar-refractivity contribution in [3.8, 4) is 11.5 Å². The van der Waals surface area contributed by atoms with E-state index in [4.69, 9.17) is 19.7 Å². The van der Waals surface area contributed by atoms with E-state index in [1.54, 1.807) is 14.2 Å². The highest BCUT2D eigenvalue weighted by Crippen LogP contribution is 2.28. The fraction of sp³-hybridized carbons (Fsp3) is 0.467. The predicted octanol–water partition coefficient (Wildman–Crippen LogP) is 2.76. The lowest BCUT2D eigenvalue weighted by atomic mass is 10.1. The zero-order chi connectivity index (χ0) is 15.4. The van der Waals surface area contributed by atoms with Crippen molar-refractivity contribution < 1.29 is 14.0 Å². The number of benzene rings is 1. The predicted molar refractivity (Wildman–Crippen MR) is 85.7 cm³/mol. The SMILES string of the molecule is COc1ccc(Cc2noc([C@H](N)C(C)C)n2)cc1OC.Cl. The molecular formula is C15H22ClN3O3. The zero-order valence-electron chi connectivity index (χ0n) is 13.2. The quantitative estimate of drug-likeness (QED) is 0.878. The van der Waals surface area contributed by atoms with Crippen LogP contribution in [-0.4, -0.2) is 24.4 Å². The molecule has 0 saturated heterocycles. The van der Waals surface area contributed by atoms with Gasteiger partial charge < -0.3 is 19.7 Å². The van der Waals surface area contributed by atoms with E-state index >= 15 is 0 Å². The largest absolute Gasteiger partial charge is 0.493 e. The number of hydrogen-bond acceptors (Lipinski definition) is 6. The first-order valence-corrected chi connectivity index (χ1v) is 6.84. The van der Waals surface area contributed by atoms with Gasteiger partial charge in [0.15, 0.2) is 17.3 Å². The lowest BCUT2D eigenvalue weighted by Gasteiger charge is -2.09. The van der Waals surface area contributed by atoms with Crippen molar-refractivity contribution in [1.29, 1.82) is 0 Å². The summed E-state index contributed by atoms with van der Waals surface area (Å²) >= 11 is 0. The smallest absolute Gasteiger partial charge is 0.243 e. The van der Waals surface area contributed by atoms with Crippen LogP contribution in [0.25, 0.3) is 0 Å². The lowest BCUT2D eigenvalue weighted by Crippen LogP contribution is -2.17. The molecule has 1 atom stereocenters. The molecule has 122 valence electrons. The molecule has 0 saturated carbocycles. The van der Waals surface area contributed by atoms with E-state index in [0.29, 0.717) is 29.6 Å². The Morgan fingerprint density at radius 3 is 2.45 bits per heavy atom. The molecule has 2 N–H and O–H groups in total. The minimum absolute atomic E-state index is 0. The highest BCUT2D eigenvalue weighted by molar-refractivity contribution is 5.85. The van der Waals surface area contributed by atoms with Gasteiger partial charge in [-0.15, -0.1) is 12.4 Å². The number of ether oxygens (including phenoxy) is 2. The van der Waals surface area contributed by atoms with E-state index < -0.39 is 0 Å². The van der Waals surface area contributed by atoms with Crippen molar-refractivity contribution in [2.75, 3.05) is 14.2 Å². The summed E-state index contributed by atoms with van der Waals surface area (Å²) in [4.78, 5) is 4.35. The molecule has 1 heterocycles. The standard InChI is InChI=1S/C15H21N3O3.ClH/c1-9(2)14(16)15-17-13(18-21-15)8-10-5-6-11(19-3)12(7-10)20-4;/h5-7,9,14H,8,16H2,1-4H3;1H/t14-;/m1./s1. The van der Waals surface area contributed by atoms with Crippen LogP contribution in [0.1, 0.15) is 37.2 Å². The Labute approximate surface area is 136 Å². The van der Waals surface area contributed by atoms with Gasteiger partial charge in [0, 0.05) is 6.42 Å². The van der Waals surface area contributed by atoms with E-state index in [-0.39, 0.29) is 24.4 Å². The molecule has 2 rings (SSSR count). The van der Waals surface area contributed by atoms with Gasteiger partial charge in [-0.2, -0.15) is 4.98 Å². The van der Waals surface area contributed by atoms with Gasteiger partial charge in [-0.25, -0.2) is 0 Å². The average Bonchev–Trinajstić information content (AvgIpc) is 2.94. The third kappa shape index (κ3) is 4.11. The Balaban J connectivity index is 0.00000242. The van der Waals surface area contributed by atoms with Crippen LogP contribution in [0, 0.1) is 5.92 Å². The van der Waals surface area contributed by atoms with E-state index in [0.717, 1.165) is 5.56 Å². The first-order chi connectivity index (χ1) is 10.0.